The summed E-state index contributed by atoms with van der Waals surface area (Å²) in [7, 11) is 0. The van der Waals surface area contributed by atoms with E-state index < -0.39 is 30.4 Å². The van der Waals surface area contributed by atoms with E-state index in [0.29, 0.717) is 5.92 Å². The number of hydrogen-bond donors (Lipinski definition) is 4. The normalized spacial score (nSPS) is 17.9. The van der Waals surface area contributed by atoms with Crippen molar-refractivity contribution in [2.45, 2.75) is 38.3 Å². The van der Waals surface area contributed by atoms with E-state index in [1.54, 1.807) is 0 Å². The fourth-order valence-electron chi connectivity index (χ4n) is 1.52. The highest BCUT2D eigenvalue weighted by molar-refractivity contribution is 5.87. The van der Waals surface area contributed by atoms with Crippen LogP contribution < -0.4 is 16.4 Å². The van der Waals surface area contributed by atoms with Crippen molar-refractivity contribution in [3.63, 3.8) is 0 Å². The Bertz CT molecular complexity index is 328. The molecule has 1 aliphatic rings. The molecule has 2 unspecified atom stereocenters. The average Bonchev–Trinajstić information content (AvgIpc) is 2.98. The lowest BCUT2D eigenvalue weighted by atomic mass is 10.2. The first-order chi connectivity index (χ1) is 7.90. The van der Waals surface area contributed by atoms with Crippen molar-refractivity contribution in [2.75, 3.05) is 0 Å². The molecule has 0 heterocycles. The molecule has 1 fully saturated rings. The maximum absolute atomic E-state index is 11.4. The summed E-state index contributed by atoms with van der Waals surface area (Å²) in [5.41, 5.74) is 4.89. The van der Waals surface area contributed by atoms with Crippen LogP contribution in [0.15, 0.2) is 0 Å². The Labute approximate surface area is 98.7 Å². The molecule has 7 nitrogen and oxygen atoms in total. The lowest BCUT2D eigenvalue weighted by molar-refractivity contribution is -0.140. The van der Waals surface area contributed by atoms with Crippen molar-refractivity contribution in [3.8, 4) is 0 Å². The maximum atomic E-state index is 11.4. The van der Waals surface area contributed by atoms with E-state index in [-0.39, 0.29) is 6.04 Å². The zero-order valence-corrected chi connectivity index (χ0v) is 9.60. The standard InChI is InChI=1S/C10H17N3O4/c1-5(6-2-3-6)12-10(17)13-7(9(15)16)4-8(11)14/h5-7H,2-4H2,1H3,(H2,11,14)(H,15,16)(H2,12,13,17). The second-order valence-corrected chi connectivity index (χ2v) is 4.31. The molecule has 2 atom stereocenters. The summed E-state index contributed by atoms with van der Waals surface area (Å²) in [5.74, 6) is -1.58. The monoisotopic (exact) mass is 243 g/mol. The van der Waals surface area contributed by atoms with Gasteiger partial charge in [0.25, 0.3) is 0 Å². The van der Waals surface area contributed by atoms with E-state index in [1.165, 1.54) is 0 Å². The van der Waals surface area contributed by atoms with Gasteiger partial charge >= 0.3 is 12.0 Å². The summed E-state index contributed by atoms with van der Waals surface area (Å²) < 4.78 is 0. The molecule has 0 spiro atoms. The third kappa shape index (κ3) is 4.71. The highest BCUT2D eigenvalue weighted by Crippen LogP contribution is 2.32. The first-order valence-electron chi connectivity index (χ1n) is 5.48. The zero-order valence-electron chi connectivity index (χ0n) is 9.60. The molecule has 96 valence electrons. The van der Waals surface area contributed by atoms with Crippen LogP contribution in [0.4, 0.5) is 4.79 Å². The van der Waals surface area contributed by atoms with Gasteiger partial charge in [-0.25, -0.2) is 9.59 Å². The van der Waals surface area contributed by atoms with Gasteiger partial charge in [-0.05, 0) is 25.7 Å². The number of carboxylic acid groups (broad SMARTS) is 1. The number of urea groups is 1. The minimum Gasteiger partial charge on any atom is -0.480 e. The summed E-state index contributed by atoms with van der Waals surface area (Å²) in [6, 6.07) is -1.85. The lowest BCUT2D eigenvalue weighted by Crippen LogP contribution is -2.50. The van der Waals surface area contributed by atoms with Crippen LogP contribution in [-0.4, -0.2) is 35.1 Å². The molecule has 0 saturated heterocycles. The molecule has 17 heavy (non-hydrogen) atoms. The molecular weight excluding hydrogens is 226 g/mol. The van der Waals surface area contributed by atoms with E-state index in [0.717, 1.165) is 12.8 Å². The predicted molar refractivity (Wildman–Crippen MR) is 59.1 cm³/mol. The van der Waals surface area contributed by atoms with Crippen LogP contribution in [0.5, 0.6) is 0 Å². The number of carbonyl (C=O) groups is 3. The van der Waals surface area contributed by atoms with Crippen LogP contribution in [-0.2, 0) is 9.59 Å². The third-order valence-electron chi connectivity index (χ3n) is 2.70. The maximum Gasteiger partial charge on any atom is 0.326 e. The largest absolute Gasteiger partial charge is 0.480 e. The topological polar surface area (TPSA) is 122 Å². The third-order valence-corrected chi connectivity index (χ3v) is 2.70. The summed E-state index contributed by atoms with van der Waals surface area (Å²) >= 11 is 0. The van der Waals surface area contributed by atoms with Crippen molar-refractivity contribution in [1.82, 2.24) is 10.6 Å². The molecular formula is C10H17N3O4. The number of carbonyl (C=O) groups excluding carboxylic acids is 2. The van der Waals surface area contributed by atoms with Gasteiger partial charge in [-0.3, -0.25) is 4.79 Å². The van der Waals surface area contributed by atoms with Gasteiger partial charge in [-0.15, -0.1) is 0 Å². The Morgan fingerprint density at radius 3 is 2.35 bits per heavy atom. The average molecular weight is 243 g/mol. The lowest BCUT2D eigenvalue weighted by Gasteiger charge is -2.17. The van der Waals surface area contributed by atoms with Crippen LogP contribution in [0.2, 0.25) is 0 Å². The molecule has 0 radical (unpaired) electrons. The van der Waals surface area contributed by atoms with Crippen LogP contribution >= 0.6 is 0 Å². The fraction of sp³-hybridized carbons (Fsp3) is 0.700. The minimum absolute atomic E-state index is 0.0121. The van der Waals surface area contributed by atoms with Gasteiger partial charge in [0.05, 0.1) is 6.42 Å². The van der Waals surface area contributed by atoms with Crippen molar-refractivity contribution in [2.24, 2.45) is 11.7 Å². The molecule has 5 N–H and O–H groups in total. The van der Waals surface area contributed by atoms with E-state index >= 15 is 0 Å². The summed E-state index contributed by atoms with van der Waals surface area (Å²) in [4.78, 5) is 32.8. The van der Waals surface area contributed by atoms with Gasteiger partial charge in [-0.1, -0.05) is 0 Å². The Balaban J connectivity index is 2.39. The van der Waals surface area contributed by atoms with Crippen LogP contribution in [0.3, 0.4) is 0 Å². The summed E-state index contributed by atoms with van der Waals surface area (Å²) in [5, 5.41) is 13.6. The van der Waals surface area contributed by atoms with Crippen molar-refractivity contribution >= 4 is 17.9 Å². The molecule has 0 aromatic rings. The zero-order chi connectivity index (χ0) is 13.0. The second-order valence-electron chi connectivity index (χ2n) is 4.31. The second kappa shape index (κ2) is 5.51. The van der Waals surface area contributed by atoms with Crippen molar-refractivity contribution in [1.29, 1.82) is 0 Å². The van der Waals surface area contributed by atoms with E-state index in [1.807, 2.05) is 6.92 Å². The van der Waals surface area contributed by atoms with Gasteiger partial charge in [0.1, 0.15) is 6.04 Å². The quantitative estimate of drug-likeness (QED) is 0.498. The number of nitrogens with two attached hydrogens (primary N) is 1. The molecule has 1 rings (SSSR count). The summed E-state index contributed by atoms with van der Waals surface area (Å²) in [6.07, 6.45) is 1.73. The van der Waals surface area contributed by atoms with Crippen molar-refractivity contribution in [3.05, 3.63) is 0 Å². The first kappa shape index (κ1) is 13.3. The van der Waals surface area contributed by atoms with E-state index in [4.69, 9.17) is 10.8 Å². The van der Waals surface area contributed by atoms with Gasteiger partial charge in [0.2, 0.25) is 5.91 Å². The molecule has 1 aliphatic carbocycles. The molecule has 0 aromatic heterocycles. The highest BCUT2D eigenvalue weighted by atomic mass is 16.4. The minimum atomic E-state index is -1.28. The molecule has 0 aromatic carbocycles. The number of amides is 3. The number of rotatable bonds is 6. The Morgan fingerprint density at radius 2 is 1.94 bits per heavy atom. The Kier molecular flexibility index (Phi) is 4.30. The predicted octanol–water partition coefficient (Wildman–Crippen LogP) is -0.587. The van der Waals surface area contributed by atoms with Crippen LogP contribution in [0.25, 0.3) is 0 Å². The van der Waals surface area contributed by atoms with Gasteiger partial charge < -0.3 is 21.5 Å². The van der Waals surface area contributed by atoms with Crippen LogP contribution in [0.1, 0.15) is 26.2 Å². The Hall–Kier alpha value is -1.79. The molecule has 0 bridgehead atoms. The summed E-state index contributed by atoms with van der Waals surface area (Å²) in [6.45, 7) is 1.86. The number of nitrogens with one attached hydrogen (secondary N) is 2. The number of aliphatic carboxylic acids is 1. The van der Waals surface area contributed by atoms with E-state index in [2.05, 4.69) is 10.6 Å². The smallest absolute Gasteiger partial charge is 0.326 e. The fourth-order valence-corrected chi connectivity index (χ4v) is 1.52. The Morgan fingerprint density at radius 1 is 1.35 bits per heavy atom. The first-order valence-corrected chi connectivity index (χ1v) is 5.48. The SMILES string of the molecule is CC(NC(=O)NC(CC(N)=O)C(=O)O)C1CC1. The molecule has 1 saturated carbocycles. The number of primary amides is 1. The van der Waals surface area contributed by atoms with Gasteiger partial charge in [-0.2, -0.15) is 0 Å². The highest BCUT2D eigenvalue weighted by Gasteiger charge is 2.30. The molecule has 3 amide bonds. The van der Waals surface area contributed by atoms with Gasteiger partial charge in [0.15, 0.2) is 0 Å². The van der Waals surface area contributed by atoms with Crippen LogP contribution in [0, 0.1) is 5.92 Å². The van der Waals surface area contributed by atoms with Gasteiger partial charge in [0, 0.05) is 6.04 Å². The number of hydrogen-bond acceptors (Lipinski definition) is 3. The van der Waals surface area contributed by atoms with Crippen molar-refractivity contribution < 1.29 is 19.5 Å². The number of carboxylic acids is 1. The van der Waals surface area contributed by atoms with E-state index in [9.17, 15) is 14.4 Å². The molecule has 0 aliphatic heterocycles. The molecule has 7 heteroatoms.